The van der Waals surface area contributed by atoms with E-state index in [1.54, 1.807) is 18.5 Å². The SMILES string of the molecule is O=C(Nc1c2c(nn1-c1ccccc1)CCC2)c1cncc(Br)c1. The minimum atomic E-state index is -0.185. The molecule has 0 saturated heterocycles. The number of nitrogens with zero attached hydrogens (tertiary/aromatic N) is 3. The van der Waals surface area contributed by atoms with Crippen LogP contribution in [0.2, 0.25) is 0 Å². The Hall–Kier alpha value is -2.47. The number of amides is 1. The standard InChI is InChI=1S/C18H15BrN4O/c19-13-9-12(10-20-11-13)18(24)21-17-15-7-4-8-16(15)22-23(17)14-5-2-1-3-6-14/h1-3,5-6,9-11H,4,7-8H2,(H,21,24). The summed E-state index contributed by atoms with van der Waals surface area (Å²) in [4.78, 5) is 16.7. The molecule has 120 valence electrons. The van der Waals surface area contributed by atoms with Crippen molar-refractivity contribution in [2.45, 2.75) is 19.3 Å². The van der Waals surface area contributed by atoms with E-state index >= 15 is 0 Å². The number of carbonyl (C=O) groups is 1. The molecule has 0 spiro atoms. The molecule has 0 bridgehead atoms. The lowest BCUT2D eigenvalue weighted by Gasteiger charge is -2.11. The first-order valence-electron chi connectivity index (χ1n) is 7.80. The minimum Gasteiger partial charge on any atom is -0.306 e. The molecule has 5 nitrogen and oxygen atoms in total. The molecule has 0 unspecified atom stereocenters. The highest BCUT2D eigenvalue weighted by Gasteiger charge is 2.24. The fourth-order valence-electron chi connectivity index (χ4n) is 2.99. The van der Waals surface area contributed by atoms with Crippen LogP contribution in [-0.4, -0.2) is 20.7 Å². The lowest BCUT2D eigenvalue weighted by atomic mass is 10.2. The first kappa shape index (κ1) is 15.1. The van der Waals surface area contributed by atoms with Crippen LogP contribution in [-0.2, 0) is 12.8 Å². The van der Waals surface area contributed by atoms with E-state index in [1.165, 1.54) is 0 Å². The van der Waals surface area contributed by atoms with Crippen molar-refractivity contribution >= 4 is 27.7 Å². The highest BCUT2D eigenvalue weighted by atomic mass is 79.9. The number of benzene rings is 1. The predicted molar refractivity (Wildman–Crippen MR) is 95.5 cm³/mol. The van der Waals surface area contributed by atoms with Gasteiger partial charge >= 0.3 is 0 Å². The van der Waals surface area contributed by atoms with Gasteiger partial charge in [-0.3, -0.25) is 9.78 Å². The number of rotatable bonds is 3. The minimum absolute atomic E-state index is 0.185. The third-order valence-corrected chi connectivity index (χ3v) is 4.54. The van der Waals surface area contributed by atoms with Crippen molar-refractivity contribution in [3.63, 3.8) is 0 Å². The Labute approximate surface area is 147 Å². The van der Waals surface area contributed by atoms with E-state index in [0.717, 1.165) is 46.5 Å². The van der Waals surface area contributed by atoms with Crippen molar-refractivity contribution in [2.24, 2.45) is 0 Å². The summed E-state index contributed by atoms with van der Waals surface area (Å²) in [5.41, 5.74) is 3.66. The normalized spacial score (nSPS) is 12.9. The fraction of sp³-hybridized carbons (Fsp3) is 0.167. The van der Waals surface area contributed by atoms with Crippen molar-refractivity contribution in [3.8, 4) is 5.69 Å². The number of carbonyl (C=O) groups excluding carboxylic acids is 1. The summed E-state index contributed by atoms with van der Waals surface area (Å²) in [6.45, 7) is 0. The van der Waals surface area contributed by atoms with Gasteiger partial charge in [0.15, 0.2) is 0 Å². The smallest absolute Gasteiger partial charge is 0.258 e. The average Bonchev–Trinajstić information content (AvgIpc) is 3.18. The van der Waals surface area contributed by atoms with Crippen LogP contribution >= 0.6 is 15.9 Å². The summed E-state index contributed by atoms with van der Waals surface area (Å²) in [6.07, 6.45) is 6.19. The molecule has 0 aliphatic heterocycles. The molecule has 24 heavy (non-hydrogen) atoms. The van der Waals surface area contributed by atoms with Gasteiger partial charge in [0.05, 0.1) is 16.9 Å². The second kappa shape index (κ2) is 6.20. The maximum atomic E-state index is 12.6. The van der Waals surface area contributed by atoms with Gasteiger partial charge in [0.25, 0.3) is 5.91 Å². The number of hydrogen-bond acceptors (Lipinski definition) is 3. The molecule has 0 fully saturated rings. The Bertz CT molecular complexity index is 905. The van der Waals surface area contributed by atoms with Crippen LogP contribution in [0.1, 0.15) is 28.0 Å². The number of para-hydroxylation sites is 1. The second-order valence-electron chi connectivity index (χ2n) is 5.72. The lowest BCUT2D eigenvalue weighted by Crippen LogP contribution is -2.16. The van der Waals surface area contributed by atoms with Crippen molar-refractivity contribution in [2.75, 3.05) is 5.32 Å². The topological polar surface area (TPSA) is 59.8 Å². The molecule has 1 amide bonds. The van der Waals surface area contributed by atoms with Crippen molar-refractivity contribution in [3.05, 3.63) is 70.1 Å². The van der Waals surface area contributed by atoms with Crippen molar-refractivity contribution in [1.82, 2.24) is 14.8 Å². The summed E-state index contributed by atoms with van der Waals surface area (Å²) in [6, 6.07) is 11.6. The Morgan fingerprint density at radius 2 is 2.00 bits per heavy atom. The highest BCUT2D eigenvalue weighted by molar-refractivity contribution is 9.10. The van der Waals surface area contributed by atoms with E-state index < -0.39 is 0 Å². The van der Waals surface area contributed by atoms with Gasteiger partial charge in [-0.15, -0.1) is 0 Å². The zero-order chi connectivity index (χ0) is 16.5. The van der Waals surface area contributed by atoms with Gasteiger partial charge in [-0.25, -0.2) is 4.68 Å². The second-order valence-corrected chi connectivity index (χ2v) is 6.64. The number of aryl methyl sites for hydroxylation is 1. The van der Waals surface area contributed by atoms with Gasteiger partial charge in [-0.2, -0.15) is 5.10 Å². The Balaban J connectivity index is 1.73. The van der Waals surface area contributed by atoms with E-state index in [0.29, 0.717) is 5.56 Å². The number of halogens is 1. The number of nitrogens with one attached hydrogen (secondary N) is 1. The third-order valence-electron chi connectivity index (χ3n) is 4.11. The van der Waals surface area contributed by atoms with E-state index in [1.807, 2.05) is 35.0 Å². The van der Waals surface area contributed by atoms with Crippen LogP contribution < -0.4 is 5.32 Å². The van der Waals surface area contributed by atoms with Gasteiger partial charge in [-0.05, 0) is 53.4 Å². The van der Waals surface area contributed by atoms with Gasteiger partial charge in [0.1, 0.15) is 5.82 Å². The monoisotopic (exact) mass is 382 g/mol. The summed E-state index contributed by atoms with van der Waals surface area (Å²) in [5.74, 6) is 0.578. The number of fused-ring (bicyclic) bond motifs is 1. The molecule has 2 aromatic heterocycles. The van der Waals surface area contributed by atoms with Crippen LogP contribution in [0.25, 0.3) is 5.69 Å². The number of anilines is 1. The van der Waals surface area contributed by atoms with Gasteiger partial charge in [-0.1, -0.05) is 18.2 Å². The largest absolute Gasteiger partial charge is 0.306 e. The molecule has 0 radical (unpaired) electrons. The molecule has 1 aliphatic carbocycles. The zero-order valence-corrected chi connectivity index (χ0v) is 14.5. The van der Waals surface area contributed by atoms with E-state index in [2.05, 4.69) is 26.2 Å². The molecule has 1 aliphatic rings. The fourth-order valence-corrected chi connectivity index (χ4v) is 3.36. The molecular weight excluding hydrogens is 368 g/mol. The van der Waals surface area contributed by atoms with Crippen molar-refractivity contribution < 1.29 is 4.79 Å². The first-order chi connectivity index (χ1) is 11.7. The Morgan fingerprint density at radius 3 is 2.79 bits per heavy atom. The molecular formula is C18H15BrN4O. The summed E-state index contributed by atoms with van der Waals surface area (Å²) in [5, 5.41) is 7.74. The number of hydrogen-bond donors (Lipinski definition) is 1. The Morgan fingerprint density at radius 1 is 1.17 bits per heavy atom. The predicted octanol–water partition coefficient (Wildman–Crippen LogP) is 3.77. The van der Waals surface area contributed by atoms with Crippen molar-refractivity contribution in [1.29, 1.82) is 0 Å². The first-order valence-corrected chi connectivity index (χ1v) is 8.60. The summed E-state index contributed by atoms with van der Waals surface area (Å²) >= 11 is 3.35. The molecule has 0 atom stereocenters. The molecule has 1 N–H and O–H groups in total. The molecule has 3 aromatic rings. The quantitative estimate of drug-likeness (QED) is 0.749. The molecule has 2 heterocycles. The van der Waals surface area contributed by atoms with E-state index in [-0.39, 0.29) is 5.91 Å². The molecule has 0 saturated carbocycles. The van der Waals surface area contributed by atoms with Gasteiger partial charge in [0.2, 0.25) is 0 Å². The zero-order valence-electron chi connectivity index (χ0n) is 12.9. The molecule has 6 heteroatoms. The van der Waals surface area contributed by atoms with Crippen LogP contribution in [0.3, 0.4) is 0 Å². The Kier molecular flexibility index (Phi) is 3.90. The summed E-state index contributed by atoms with van der Waals surface area (Å²) < 4.78 is 2.60. The number of aromatic nitrogens is 3. The van der Waals surface area contributed by atoms with E-state index in [9.17, 15) is 4.79 Å². The lowest BCUT2D eigenvalue weighted by molar-refractivity contribution is 0.102. The van der Waals surface area contributed by atoms with Crippen LogP contribution in [0.4, 0.5) is 5.82 Å². The third kappa shape index (κ3) is 2.73. The van der Waals surface area contributed by atoms with Gasteiger partial charge < -0.3 is 5.32 Å². The van der Waals surface area contributed by atoms with Crippen LogP contribution in [0.5, 0.6) is 0 Å². The molecule has 4 rings (SSSR count). The maximum Gasteiger partial charge on any atom is 0.258 e. The molecule has 1 aromatic carbocycles. The number of pyridine rings is 1. The van der Waals surface area contributed by atoms with E-state index in [4.69, 9.17) is 5.10 Å². The van der Waals surface area contributed by atoms with Crippen LogP contribution in [0, 0.1) is 0 Å². The summed E-state index contributed by atoms with van der Waals surface area (Å²) in [7, 11) is 0. The average molecular weight is 383 g/mol. The van der Waals surface area contributed by atoms with Crippen LogP contribution in [0.15, 0.2) is 53.3 Å². The highest BCUT2D eigenvalue weighted by Crippen LogP contribution is 2.31. The van der Waals surface area contributed by atoms with Gasteiger partial charge in [0, 0.05) is 22.4 Å². The maximum absolute atomic E-state index is 12.6.